The van der Waals surface area contributed by atoms with Gasteiger partial charge in [0.1, 0.15) is 5.52 Å². The Bertz CT molecular complexity index is 774. The molecule has 0 spiro atoms. The molecule has 2 aromatic carbocycles. The Morgan fingerprint density at radius 2 is 1.95 bits per heavy atom. The molecule has 19 heavy (non-hydrogen) atoms. The Kier molecular flexibility index (Phi) is 2.56. The Labute approximate surface area is 109 Å². The van der Waals surface area contributed by atoms with Crippen LogP contribution < -0.4 is 0 Å². The van der Waals surface area contributed by atoms with Crippen molar-refractivity contribution in [3.05, 3.63) is 53.6 Å². The quantitative estimate of drug-likeness (QED) is 0.759. The van der Waals surface area contributed by atoms with E-state index in [0.717, 1.165) is 11.1 Å². The minimum absolute atomic E-state index is 0.187. The standard InChI is InChI=1S/C15H11NO3/c1-9-5-4-8-12-13(9)16-14(19-12)10-6-2-3-7-11(10)15(17)18/h2-8H,1H3,(H,17,18). The highest BCUT2D eigenvalue weighted by Gasteiger charge is 2.16. The van der Waals surface area contributed by atoms with Crippen LogP contribution in [0.2, 0.25) is 0 Å². The maximum absolute atomic E-state index is 11.2. The average molecular weight is 253 g/mol. The highest BCUT2D eigenvalue weighted by molar-refractivity contribution is 5.95. The summed E-state index contributed by atoms with van der Waals surface area (Å²) in [4.78, 5) is 15.6. The molecule has 1 N–H and O–H groups in total. The van der Waals surface area contributed by atoms with E-state index in [1.807, 2.05) is 25.1 Å². The molecule has 0 bridgehead atoms. The van der Waals surface area contributed by atoms with Crippen LogP contribution in [0.4, 0.5) is 0 Å². The van der Waals surface area contributed by atoms with E-state index in [0.29, 0.717) is 17.0 Å². The molecule has 0 saturated carbocycles. The van der Waals surface area contributed by atoms with Gasteiger partial charge in [-0.3, -0.25) is 0 Å². The van der Waals surface area contributed by atoms with Gasteiger partial charge in [0.2, 0.25) is 5.89 Å². The number of nitrogens with zero attached hydrogens (tertiary/aromatic N) is 1. The second kappa shape index (κ2) is 4.24. The van der Waals surface area contributed by atoms with E-state index < -0.39 is 5.97 Å². The van der Waals surface area contributed by atoms with Crippen LogP contribution >= 0.6 is 0 Å². The van der Waals surface area contributed by atoms with Crippen LogP contribution in [0.25, 0.3) is 22.6 Å². The minimum Gasteiger partial charge on any atom is -0.478 e. The number of carboxylic acids is 1. The van der Waals surface area contributed by atoms with E-state index in [2.05, 4.69) is 4.98 Å². The molecule has 0 radical (unpaired) electrons. The number of rotatable bonds is 2. The average Bonchev–Trinajstić information content (AvgIpc) is 2.84. The van der Waals surface area contributed by atoms with Gasteiger partial charge >= 0.3 is 5.97 Å². The molecule has 0 aliphatic carbocycles. The van der Waals surface area contributed by atoms with E-state index in [9.17, 15) is 9.90 Å². The van der Waals surface area contributed by atoms with Crippen LogP contribution in [0.1, 0.15) is 15.9 Å². The first kappa shape index (κ1) is 11.5. The maximum Gasteiger partial charge on any atom is 0.336 e. The second-order valence-corrected chi connectivity index (χ2v) is 4.29. The van der Waals surface area contributed by atoms with Crippen molar-refractivity contribution in [2.75, 3.05) is 0 Å². The van der Waals surface area contributed by atoms with Crippen molar-refractivity contribution in [3.63, 3.8) is 0 Å². The minimum atomic E-state index is -0.991. The number of hydrogen-bond donors (Lipinski definition) is 1. The fraction of sp³-hybridized carbons (Fsp3) is 0.0667. The summed E-state index contributed by atoms with van der Waals surface area (Å²) in [6.07, 6.45) is 0. The first-order valence-corrected chi connectivity index (χ1v) is 5.85. The van der Waals surface area contributed by atoms with E-state index in [1.165, 1.54) is 0 Å². The molecule has 94 valence electrons. The van der Waals surface area contributed by atoms with Gasteiger partial charge in [-0.25, -0.2) is 9.78 Å². The predicted octanol–water partition coefficient (Wildman–Crippen LogP) is 3.50. The van der Waals surface area contributed by atoms with Crippen LogP contribution in [0.5, 0.6) is 0 Å². The van der Waals surface area contributed by atoms with Crippen LogP contribution in [0, 0.1) is 6.92 Å². The van der Waals surface area contributed by atoms with Gasteiger partial charge in [-0.2, -0.15) is 0 Å². The van der Waals surface area contributed by atoms with Crippen molar-refractivity contribution in [2.45, 2.75) is 6.92 Å². The number of para-hydroxylation sites is 1. The Morgan fingerprint density at radius 3 is 2.68 bits per heavy atom. The molecule has 1 aromatic heterocycles. The number of carbonyl (C=O) groups is 1. The Morgan fingerprint density at radius 1 is 1.16 bits per heavy atom. The normalized spacial score (nSPS) is 10.8. The summed E-state index contributed by atoms with van der Waals surface area (Å²) in [5.41, 5.74) is 3.10. The first-order chi connectivity index (χ1) is 9.16. The van der Waals surface area contributed by atoms with Crippen molar-refractivity contribution in [3.8, 4) is 11.5 Å². The fourth-order valence-corrected chi connectivity index (χ4v) is 2.06. The van der Waals surface area contributed by atoms with Gasteiger partial charge in [0, 0.05) is 0 Å². The number of oxazole rings is 1. The molecule has 0 amide bonds. The third-order valence-corrected chi connectivity index (χ3v) is 3.01. The molecule has 3 aromatic rings. The summed E-state index contributed by atoms with van der Waals surface area (Å²) in [6, 6.07) is 12.3. The van der Waals surface area contributed by atoms with Crippen LogP contribution in [-0.4, -0.2) is 16.1 Å². The highest BCUT2D eigenvalue weighted by Crippen LogP contribution is 2.28. The largest absolute Gasteiger partial charge is 0.478 e. The van der Waals surface area contributed by atoms with Crippen LogP contribution in [0.3, 0.4) is 0 Å². The van der Waals surface area contributed by atoms with Crippen LogP contribution in [0.15, 0.2) is 46.9 Å². The number of aromatic carboxylic acids is 1. The summed E-state index contributed by atoms with van der Waals surface area (Å²) in [5.74, 6) is -0.656. The van der Waals surface area contributed by atoms with Gasteiger partial charge in [0.05, 0.1) is 11.1 Å². The molecule has 0 aliphatic heterocycles. The smallest absolute Gasteiger partial charge is 0.336 e. The molecule has 0 saturated heterocycles. The molecule has 0 unspecified atom stereocenters. The topological polar surface area (TPSA) is 63.3 Å². The lowest BCUT2D eigenvalue weighted by atomic mass is 10.1. The third-order valence-electron chi connectivity index (χ3n) is 3.01. The Hall–Kier alpha value is -2.62. The number of hydrogen-bond acceptors (Lipinski definition) is 3. The summed E-state index contributed by atoms with van der Waals surface area (Å²) >= 11 is 0. The molecule has 4 nitrogen and oxygen atoms in total. The Balaban J connectivity index is 2.25. The molecule has 4 heteroatoms. The molecule has 1 heterocycles. The molecule has 0 atom stereocenters. The molecule has 0 fully saturated rings. The zero-order chi connectivity index (χ0) is 13.4. The highest BCUT2D eigenvalue weighted by atomic mass is 16.4. The van der Waals surface area contributed by atoms with Crippen molar-refractivity contribution < 1.29 is 14.3 Å². The zero-order valence-corrected chi connectivity index (χ0v) is 10.3. The van der Waals surface area contributed by atoms with Crippen molar-refractivity contribution in [1.82, 2.24) is 4.98 Å². The van der Waals surface area contributed by atoms with Gasteiger partial charge in [-0.15, -0.1) is 0 Å². The number of aryl methyl sites for hydroxylation is 1. The maximum atomic E-state index is 11.2. The molecular formula is C15H11NO3. The fourth-order valence-electron chi connectivity index (χ4n) is 2.06. The van der Waals surface area contributed by atoms with Gasteiger partial charge < -0.3 is 9.52 Å². The molecule has 0 aliphatic rings. The van der Waals surface area contributed by atoms with Gasteiger partial charge in [0.25, 0.3) is 0 Å². The lowest BCUT2D eigenvalue weighted by Gasteiger charge is -2.00. The lowest BCUT2D eigenvalue weighted by molar-refractivity contribution is 0.0697. The predicted molar refractivity (Wildman–Crippen MR) is 71.1 cm³/mol. The number of benzene rings is 2. The monoisotopic (exact) mass is 253 g/mol. The number of aromatic nitrogens is 1. The summed E-state index contributed by atoms with van der Waals surface area (Å²) in [7, 11) is 0. The zero-order valence-electron chi connectivity index (χ0n) is 10.3. The van der Waals surface area contributed by atoms with Gasteiger partial charge in [-0.1, -0.05) is 24.3 Å². The summed E-state index contributed by atoms with van der Waals surface area (Å²) in [6.45, 7) is 1.94. The summed E-state index contributed by atoms with van der Waals surface area (Å²) in [5, 5.41) is 9.19. The van der Waals surface area contributed by atoms with Crippen molar-refractivity contribution in [2.24, 2.45) is 0 Å². The number of fused-ring (bicyclic) bond motifs is 1. The first-order valence-electron chi connectivity index (χ1n) is 5.85. The van der Waals surface area contributed by atoms with Gasteiger partial charge in [-0.05, 0) is 30.7 Å². The van der Waals surface area contributed by atoms with E-state index in [4.69, 9.17) is 4.42 Å². The molecule has 3 rings (SSSR count). The van der Waals surface area contributed by atoms with E-state index >= 15 is 0 Å². The van der Waals surface area contributed by atoms with Gasteiger partial charge in [0.15, 0.2) is 5.58 Å². The SMILES string of the molecule is Cc1cccc2oc(-c3ccccc3C(=O)O)nc12. The van der Waals surface area contributed by atoms with Crippen molar-refractivity contribution >= 4 is 17.1 Å². The lowest BCUT2D eigenvalue weighted by Crippen LogP contribution is -1.98. The second-order valence-electron chi connectivity index (χ2n) is 4.29. The van der Waals surface area contributed by atoms with E-state index in [1.54, 1.807) is 24.3 Å². The third kappa shape index (κ3) is 1.87. The summed E-state index contributed by atoms with van der Waals surface area (Å²) < 4.78 is 5.65. The van der Waals surface area contributed by atoms with Crippen molar-refractivity contribution in [1.29, 1.82) is 0 Å². The number of carboxylic acid groups (broad SMARTS) is 1. The molecular weight excluding hydrogens is 242 g/mol. The van der Waals surface area contributed by atoms with Crippen LogP contribution in [-0.2, 0) is 0 Å². The van der Waals surface area contributed by atoms with E-state index in [-0.39, 0.29) is 5.56 Å².